The van der Waals surface area contributed by atoms with Gasteiger partial charge in [-0.1, -0.05) is 0 Å². The van der Waals surface area contributed by atoms with Crippen molar-refractivity contribution >= 4 is 12.4 Å². The molecule has 1 fully saturated rings. The Kier molecular flexibility index (Phi) is 5.29. The highest BCUT2D eigenvalue weighted by Crippen LogP contribution is 2.35. The lowest BCUT2D eigenvalue weighted by molar-refractivity contribution is 0.0204. The number of likely N-dealkylation sites (tertiary alicyclic amines) is 1. The summed E-state index contributed by atoms with van der Waals surface area (Å²) in [6, 6.07) is 5.48. The van der Waals surface area contributed by atoms with Crippen molar-refractivity contribution in [3.8, 4) is 5.75 Å². The number of ether oxygens (including phenoxy) is 2. The summed E-state index contributed by atoms with van der Waals surface area (Å²) in [6.45, 7) is 6.90. The first-order chi connectivity index (χ1) is 10.8. The molecule has 0 spiro atoms. The van der Waals surface area contributed by atoms with Gasteiger partial charge in [0.1, 0.15) is 17.6 Å². The van der Waals surface area contributed by atoms with E-state index >= 15 is 0 Å². The summed E-state index contributed by atoms with van der Waals surface area (Å²) in [6.07, 6.45) is 2.25. The minimum Gasteiger partial charge on any atom is -0.496 e. The highest BCUT2D eigenvalue weighted by molar-refractivity contribution is 5.75. The largest absolute Gasteiger partial charge is 0.496 e. The normalized spacial score (nSPS) is 16.1. The van der Waals surface area contributed by atoms with E-state index in [4.69, 9.17) is 9.47 Å². The van der Waals surface area contributed by atoms with Gasteiger partial charge in [0.25, 0.3) is 0 Å². The Morgan fingerprint density at radius 2 is 1.91 bits per heavy atom. The summed E-state index contributed by atoms with van der Waals surface area (Å²) in [4.78, 5) is 24.9. The van der Waals surface area contributed by atoms with Gasteiger partial charge in [0.2, 0.25) is 0 Å². The molecule has 1 aliphatic heterocycles. The van der Waals surface area contributed by atoms with Gasteiger partial charge < -0.3 is 14.4 Å². The van der Waals surface area contributed by atoms with Crippen LogP contribution in [0.4, 0.5) is 4.79 Å². The van der Waals surface area contributed by atoms with E-state index in [0.29, 0.717) is 18.7 Å². The number of piperidine rings is 1. The fraction of sp³-hybridized carbons (Fsp3) is 0.556. The van der Waals surface area contributed by atoms with Crippen molar-refractivity contribution in [2.24, 2.45) is 0 Å². The number of hydrogen-bond acceptors (Lipinski definition) is 4. The highest BCUT2D eigenvalue weighted by Gasteiger charge is 2.28. The molecule has 1 saturated heterocycles. The topological polar surface area (TPSA) is 55.8 Å². The van der Waals surface area contributed by atoms with Gasteiger partial charge in [0.15, 0.2) is 0 Å². The second-order valence-electron chi connectivity index (χ2n) is 6.86. The van der Waals surface area contributed by atoms with Gasteiger partial charge in [-0.25, -0.2) is 4.79 Å². The molecule has 0 N–H and O–H groups in total. The number of nitrogens with zero attached hydrogens (tertiary/aromatic N) is 1. The highest BCUT2D eigenvalue weighted by atomic mass is 16.6. The molecule has 1 amide bonds. The molecule has 0 saturated carbocycles. The maximum atomic E-state index is 12.1. The minimum atomic E-state index is -0.477. The first-order valence-electron chi connectivity index (χ1n) is 7.95. The van der Waals surface area contributed by atoms with Gasteiger partial charge in [0.05, 0.1) is 7.11 Å². The lowest BCUT2D eigenvalue weighted by atomic mass is 9.88. The molecular weight excluding hydrogens is 294 g/mol. The molecule has 126 valence electrons. The van der Waals surface area contributed by atoms with Crippen LogP contribution in [0.5, 0.6) is 5.75 Å². The fourth-order valence-electron chi connectivity index (χ4n) is 2.84. The molecule has 1 heterocycles. The van der Waals surface area contributed by atoms with Crippen molar-refractivity contribution in [1.82, 2.24) is 4.90 Å². The van der Waals surface area contributed by atoms with E-state index in [1.807, 2.05) is 32.9 Å². The molecule has 2 rings (SSSR count). The number of hydrogen-bond donors (Lipinski definition) is 0. The molecule has 0 bridgehead atoms. The summed E-state index contributed by atoms with van der Waals surface area (Å²) in [5.74, 6) is 1.08. The second-order valence-corrected chi connectivity index (χ2v) is 6.86. The third-order valence-corrected chi connectivity index (χ3v) is 3.98. The lowest BCUT2D eigenvalue weighted by Gasteiger charge is -2.34. The van der Waals surface area contributed by atoms with Crippen molar-refractivity contribution in [3.05, 3.63) is 29.3 Å². The second kappa shape index (κ2) is 7.02. The van der Waals surface area contributed by atoms with E-state index in [2.05, 4.69) is 0 Å². The molecular formula is C18H25NO4. The molecule has 0 atom stereocenters. The van der Waals surface area contributed by atoms with Crippen molar-refractivity contribution in [2.45, 2.75) is 45.1 Å². The van der Waals surface area contributed by atoms with Gasteiger partial charge >= 0.3 is 6.09 Å². The van der Waals surface area contributed by atoms with Crippen LogP contribution in [0, 0.1) is 0 Å². The van der Waals surface area contributed by atoms with Crippen LogP contribution in [0.3, 0.4) is 0 Å². The number of aldehydes is 1. The molecule has 0 unspecified atom stereocenters. The molecule has 1 aromatic carbocycles. The van der Waals surface area contributed by atoms with Gasteiger partial charge in [-0.2, -0.15) is 0 Å². The standard InChI is InChI=1S/C18H25NO4/c1-18(2,3)23-17(21)19-9-7-14(8-10-19)15-11-13(12-20)5-6-16(15)22-4/h5-6,11-12,14H,7-10H2,1-4H3. The zero-order valence-corrected chi connectivity index (χ0v) is 14.3. The van der Waals surface area contributed by atoms with E-state index in [0.717, 1.165) is 30.4 Å². The average Bonchev–Trinajstić information content (AvgIpc) is 2.52. The monoisotopic (exact) mass is 319 g/mol. The molecule has 0 aromatic heterocycles. The van der Waals surface area contributed by atoms with Crippen molar-refractivity contribution in [3.63, 3.8) is 0 Å². The Morgan fingerprint density at radius 3 is 2.43 bits per heavy atom. The molecule has 5 nitrogen and oxygen atoms in total. The van der Waals surface area contributed by atoms with Crippen molar-refractivity contribution in [1.29, 1.82) is 0 Å². The molecule has 1 aromatic rings. The summed E-state index contributed by atoms with van der Waals surface area (Å²) in [5, 5.41) is 0. The summed E-state index contributed by atoms with van der Waals surface area (Å²) >= 11 is 0. The number of amides is 1. The molecule has 0 aliphatic carbocycles. The van der Waals surface area contributed by atoms with Crippen LogP contribution in [-0.4, -0.2) is 43.1 Å². The van der Waals surface area contributed by atoms with E-state index in [9.17, 15) is 9.59 Å². The third-order valence-electron chi connectivity index (χ3n) is 3.98. The maximum absolute atomic E-state index is 12.1. The smallest absolute Gasteiger partial charge is 0.410 e. The summed E-state index contributed by atoms with van der Waals surface area (Å²) < 4.78 is 10.8. The maximum Gasteiger partial charge on any atom is 0.410 e. The van der Waals surface area contributed by atoms with Crippen molar-refractivity contribution < 1.29 is 19.1 Å². The predicted octanol–water partition coefficient (Wildman–Crippen LogP) is 3.62. The Labute approximate surface area is 137 Å². The van der Waals surface area contributed by atoms with Crippen LogP contribution in [0.25, 0.3) is 0 Å². The lowest BCUT2D eigenvalue weighted by Crippen LogP contribution is -2.41. The van der Waals surface area contributed by atoms with Gasteiger partial charge in [-0.15, -0.1) is 0 Å². The first kappa shape index (κ1) is 17.3. The van der Waals surface area contributed by atoms with Crippen LogP contribution < -0.4 is 4.74 Å². The fourth-order valence-corrected chi connectivity index (χ4v) is 2.84. The van der Waals surface area contributed by atoms with Crippen LogP contribution in [-0.2, 0) is 4.74 Å². The quantitative estimate of drug-likeness (QED) is 0.798. The number of rotatable bonds is 3. The van der Waals surface area contributed by atoms with Crippen molar-refractivity contribution in [2.75, 3.05) is 20.2 Å². The van der Waals surface area contributed by atoms with Crippen LogP contribution >= 0.6 is 0 Å². The van der Waals surface area contributed by atoms with E-state index < -0.39 is 5.60 Å². The van der Waals surface area contributed by atoms with Crippen LogP contribution in [0.15, 0.2) is 18.2 Å². The molecule has 0 radical (unpaired) electrons. The molecule has 1 aliphatic rings. The third kappa shape index (κ3) is 4.47. The Morgan fingerprint density at radius 1 is 1.26 bits per heavy atom. The minimum absolute atomic E-state index is 0.260. The SMILES string of the molecule is COc1ccc(C=O)cc1C1CCN(C(=O)OC(C)(C)C)CC1. The predicted molar refractivity (Wildman–Crippen MR) is 88.2 cm³/mol. The van der Waals surface area contributed by atoms with Gasteiger partial charge in [0, 0.05) is 18.7 Å². The Balaban J connectivity index is 2.04. The number of methoxy groups -OCH3 is 1. The average molecular weight is 319 g/mol. The zero-order valence-electron chi connectivity index (χ0n) is 14.3. The molecule has 23 heavy (non-hydrogen) atoms. The summed E-state index contributed by atoms with van der Waals surface area (Å²) in [5.41, 5.74) is 1.21. The van der Waals surface area contributed by atoms with Crippen LogP contribution in [0.2, 0.25) is 0 Å². The van der Waals surface area contributed by atoms with E-state index in [-0.39, 0.29) is 12.0 Å². The molecule has 5 heteroatoms. The summed E-state index contributed by atoms with van der Waals surface area (Å²) in [7, 11) is 1.63. The van der Waals surface area contributed by atoms with Crippen LogP contribution in [0.1, 0.15) is 55.5 Å². The Hall–Kier alpha value is -2.04. The number of carbonyl (C=O) groups excluding carboxylic acids is 2. The zero-order chi connectivity index (χ0) is 17.0. The van der Waals surface area contributed by atoms with E-state index in [1.54, 1.807) is 18.1 Å². The Bertz CT molecular complexity index is 569. The van der Waals surface area contributed by atoms with E-state index in [1.165, 1.54) is 0 Å². The number of benzene rings is 1. The van der Waals surface area contributed by atoms with Gasteiger partial charge in [-0.05, 0) is 63.3 Å². The van der Waals surface area contributed by atoms with Gasteiger partial charge in [-0.3, -0.25) is 4.79 Å². The number of carbonyl (C=O) groups is 2. The first-order valence-corrected chi connectivity index (χ1v) is 7.95.